The van der Waals surface area contributed by atoms with E-state index < -0.39 is 16.6 Å². The summed E-state index contributed by atoms with van der Waals surface area (Å²) in [4.78, 5) is 38.0. The lowest BCUT2D eigenvalue weighted by molar-refractivity contribution is -0.136. The Balaban J connectivity index is 1.73. The molecule has 3 rings (SSSR count). The van der Waals surface area contributed by atoms with Crippen molar-refractivity contribution >= 4 is 35.2 Å². The monoisotopic (exact) mass is 333 g/mol. The molecule has 1 aromatic rings. The van der Waals surface area contributed by atoms with E-state index in [0.29, 0.717) is 18.5 Å². The van der Waals surface area contributed by atoms with Gasteiger partial charge in [0, 0.05) is 10.8 Å². The molecule has 23 heavy (non-hydrogen) atoms. The molecule has 2 heterocycles. The van der Waals surface area contributed by atoms with Crippen LogP contribution in [0.25, 0.3) is 0 Å². The zero-order valence-corrected chi connectivity index (χ0v) is 13.7. The molecule has 1 aromatic carbocycles. The maximum atomic E-state index is 12.6. The van der Waals surface area contributed by atoms with Crippen LogP contribution in [0.5, 0.6) is 0 Å². The Morgan fingerprint density at radius 1 is 1.26 bits per heavy atom. The van der Waals surface area contributed by atoms with Gasteiger partial charge in [0.15, 0.2) is 4.75 Å². The molecule has 7 heteroatoms. The van der Waals surface area contributed by atoms with Crippen molar-refractivity contribution in [1.82, 2.24) is 10.6 Å². The van der Waals surface area contributed by atoms with E-state index in [1.165, 1.54) is 11.8 Å². The van der Waals surface area contributed by atoms with Gasteiger partial charge in [-0.05, 0) is 45.0 Å². The zero-order chi connectivity index (χ0) is 16.4. The van der Waals surface area contributed by atoms with Gasteiger partial charge in [0.2, 0.25) is 11.8 Å². The zero-order valence-electron chi connectivity index (χ0n) is 12.8. The van der Waals surface area contributed by atoms with Crippen LogP contribution in [0.3, 0.4) is 0 Å². The second-order valence-electron chi connectivity index (χ2n) is 5.93. The maximum Gasteiger partial charge on any atom is 0.252 e. The second kappa shape index (κ2) is 6.33. The van der Waals surface area contributed by atoms with E-state index in [1.807, 2.05) is 18.2 Å². The molecule has 1 fully saturated rings. The number of hydrogen-bond donors (Lipinski definition) is 3. The topological polar surface area (TPSA) is 87.3 Å². The lowest BCUT2D eigenvalue weighted by Crippen LogP contribution is -2.54. The number of hydrogen-bond acceptors (Lipinski definition) is 5. The molecule has 0 saturated carbocycles. The first-order valence-corrected chi connectivity index (χ1v) is 8.48. The molecule has 3 N–H and O–H groups in total. The van der Waals surface area contributed by atoms with E-state index in [9.17, 15) is 14.4 Å². The molecule has 0 aliphatic carbocycles. The van der Waals surface area contributed by atoms with Gasteiger partial charge in [0.25, 0.3) is 5.91 Å². The van der Waals surface area contributed by atoms with E-state index in [2.05, 4.69) is 16.0 Å². The van der Waals surface area contributed by atoms with Gasteiger partial charge in [-0.1, -0.05) is 23.9 Å². The normalized spacial score (nSPS) is 24.5. The fourth-order valence-electron chi connectivity index (χ4n) is 2.73. The Bertz CT molecular complexity index is 658. The summed E-state index contributed by atoms with van der Waals surface area (Å²) in [7, 11) is 0. The first-order chi connectivity index (χ1) is 11.0. The number of rotatable bonds is 2. The summed E-state index contributed by atoms with van der Waals surface area (Å²) in [6, 6.07) is 7.31. The molecular formula is C16H19N3O3S. The van der Waals surface area contributed by atoms with Crippen molar-refractivity contribution in [1.29, 1.82) is 0 Å². The van der Waals surface area contributed by atoms with Crippen LogP contribution in [0.4, 0.5) is 5.69 Å². The van der Waals surface area contributed by atoms with Crippen LogP contribution in [0.2, 0.25) is 0 Å². The van der Waals surface area contributed by atoms with E-state index in [-0.39, 0.29) is 11.8 Å². The number of piperidine rings is 1. The molecule has 1 atom stereocenters. The minimum absolute atomic E-state index is 0.173. The Hall–Kier alpha value is -1.86. The van der Waals surface area contributed by atoms with Gasteiger partial charge < -0.3 is 10.6 Å². The van der Waals surface area contributed by atoms with Crippen molar-refractivity contribution in [2.45, 2.75) is 29.4 Å². The lowest BCUT2D eigenvalue weighted by Gasteiger charge is -2.32. The lowest BCUT2D eigenvalue weighted by atomic mass is 9.97. The van der Waals surface area contributed by atoms with Gasteiger partial charge >= 0.3 is 0 Å². The van der Waals surface area contributed by atoms with Gasteiger partial charge in [-0.15, -0.1) is 0 Å². The summed E-state index contributed by atoms with van der Waals surface area (Å²) < 4.78 is -1.35. The second-order valence-corrected chi connectivity index (χ2v) is 7.39. The Labute approximate surface area is 138 Å². The van der Waals surface area contributed by atoms with Gasteiger partial charge in [-0.25, -0.2) is 0 Å². The standard InChI is InChI=1S/C16H19N3O3S/c1-16(14(21)18-11-4-2-3-5-12(11)23-16)15(22)19-13(20)10-6-8-17-9-7-10/h2-5,10,17H,6-9H2,1H3,(H,18,21)(H,19,20,22). The average molecular weight is 333 g/mol. The third-order valence-electron chi connectivity index (χ3n) is 4.26. The fourth-order valence-corrected chi connectivity index (χ4v) is 3.84. The summed E-state index contributed by atoms with van der Waals surface area (Å²) in [5, 5.41) is 8.35. The fraction of sp³-hybridized carbons (Fsp3) is 0.438. The molecule has 0 radical (unpaired) electrons. The predicted octanol–water partition coefficient (Wildman–Crippen LogP) is 1.13. The molecule has 3 amide bonds. The van der Waals surface area contributed by atoms with Gasteiger partial charge in [-0.3, -0.25) is 19.7 Å². The van der Waals surface area contributed by atoms with Crippen molar-refractivity contribution in [2.75, 3.05) is 18.4 Å². The number of benzene rings is 1. The first-order valence-electron chi connectivity index (χ1n) is 7.66. The molecule has 0 aromatic heterocycles. The molecule has 1 unspecified atom stereocenters. The van der Waals surface area contributed by atoms with E-state index in [0.717, 1.165) is 18.0 Å². The number of amides is 3. The van der Waals surface area contributed by atoms with Crippen molar-refractivity contribution in [3.05, 3.63) is 24.3 Å². The third kappa shape index (κ3) is 3.11. The summed E-state index contributed by atoms with van der Waals surface area (Å²) in [6.07, 6.45) is 1.41. The Morgan fingerprint density at radius 3 is 2.70 bits per heavy atom. The molecule has 2 aliphatic heterocycles. The molecular weight excluding hydrogens is 314 g/mol. The van der Waals surface area contributed by atoms with Crippen LogP contribution in [0.15, 0.2) is 29.2 Å². The minimum atomic E-state index is -1.35. The number of thioether (sulfide) groups is 1. The van der Waals surface area contributed by atoms with Crippen LogP contribution in [-0.4, -0.2) is 35.6 Å². The number of carbonyl (C=O) groups is 3. The van der Waals surface area contributed by atoms with E-state index in [1.54, 1.807) is 13.0 Å². The summed E-state index contributed by atoms with van der Waals surface area (Å²) >= 11 is 1.18. The van der Waals surface area contributed by atoms with E-state index in [4.69, 9.17) is 0 Å². The number of anilines is 1. The minimum Gasteiger partial charge on any atom is -0.323 e. The van der Waals surface area contributed by atoms with Crippen LogP contribution in [-0.2, 0) is 14.4 Å². The van der Waals surface area contributed by atoms with E-state index >= 15 is 0 Å². The summed E-state index contributed by atoms with van der Waals surface area (Å²) in [5.74, 6) is -1.42. The largest absolute Gasteiger partial charge is 0.323 e. The van der Waals surface area contributed by atoms with Crippen LogP contribution < -0.4 is 16.0 Å². The van der Waals surface area contributed by atoms with Crippen LogP contribution in [0, 0.1) is 5.92 Å². The van der Waals surface area contributed by atoms with Gasteiger partial charge in [0.05, 0.1) is 5.69 Å². The van der Waals surface area contributed by atoms with Crippen molar-refractivity contribution in [2.24, 2.45) is 5.92 Å². The highest BCUT2D eigenvalue weighted by Crippen LogP contribution is 2.42. The number of imide groups is 1. The highest BCUT2D eigenvalue weighted by molar-refractivity contribution is 8.02. The predicted molar refractivity (Wildman–Crippen MR) is 88.1 cm³/mol. The number of nitrogens with one attached hydrogen (secondary N) is 3. The first kappa shape index (κ1) is 16.0. The summed E-state index contributed by atoms with van der Waals surface area (Å²) in [5.41, 5.74) is 0.692. The van der Waals surface area contributed by atoms with Crippen molar-refractivity contribution in [3.63, 3.8) is 0 Å². The van der Waals surface area contributed by atoms with Crippen molar-refractivity contribution in [3.8, 4) is 0 Å². The molecule has 122 valence electrons. The molecule has 1 saturated heterocycles. The SMILES string of the molecule is CC1(C(=O)NC(=O)C2CCNCC2)Sc2ccccc2NC1=O. The van der Waals surface area contributed by atoms with Crippen LogP contribution in [0.1, 0.15) is 19.8 Å². The molecule has 0 bridgehead atoms. The maximum absolute atomic E-state index is 12.6. The molecule has 0 spiro atoms. The van der Waals surface area contributed by atoms with Gasteiger partial charge in [-0.2, -0.15) is 0 Å². The average Bonchev–Trinajstić information content (AvgIpc) is 2.56. The van der Waals surface area contributed by atoms with Crippen LogP contribution >= 0.6 is 11.8 Å². The van der Waals surface area contributed by atoms with Gasteiger partial charge in [0.1, 0.15) is 0 Å². The molecule has 6 nitrogen and oxygen atoms in total. The highest BCUT2D eigenvalue weighted by Gasteiger charge is 2.46. The summed E-state index contributed by atoms with van der Waals surface area (Å²) in [6.45, 7) is 3.09. The van der Waals surface area contributed by atoms with Crippen molar-refractivity contribution < 1.29 is 14.4 Å². The number of fused-ring (bicyclic) bond motifs is 1. The third-order valence-corrected chi connectivity index (χ3v) is 5.62. The quantitative estimate of drug-likeness (QED) is 0.558. The number of carbonyl (C=O) groups excluding carboxylic acids is 3. The number of para-hydroxylation sites is 1. The Morgan fingerprint density at radius 2 is 1.96 bits per heavy atom. The molecule has 2 aliphatic rings. The Kier molecular flexibility index (Phi) is 4.41. The smallest absolute Gasteiger partial charge is 0.252 e. The highest BCUT2D eigenvalue weighted by atomic mass is 32.2.